The lowest BCUT2D eigenvalue weighted by atomic mass is 9.97. The summed E-state index contributed by atoms with van der Waals surface area (Å²) in [5, 5.41) is 1.58. The fraction of sp³-hybridized carbons (Fsp3) is 0.444. The van der Waals surface area contributed by atoms with Crippen LogP contribution >= 0.6 is 0 Å². The number of hydrogen-bond acceptors (Lipinski definition) is 2. The Hall–Kier alpha value is -1.39. The smallest absolute Gasteiger partial charge is 0.282 e. The molecule has 0 saturated carbocycles. The van der Waals surface area contributed by atoms with Crippen molar-refractivity contribution in [3.05, 3.63) is 41.5 Å². The third kappa shape index (κ3) is 3.87. The normalized spacial score (nSPS) is 12.0. The van der Waals surface area contributed by atoms with Crippen LogP contribution in [0.15, 0.2) is 35.2 Å². The minimum Gasteiger partial charge on any atom is -0.282 e. The molecule has 2 aromatic carbocycles. The molecule has 3 nitrogen and oxygen atoms in total. The van der Waals surface area contributed by atoms with Crippen LogP contribution in [-0.2, 0) is 23.0 Å². The van der Waals surface area contributed by atoms with Crippen LogP contribution in [0.3, 0.4) is 0 Å². The second-order valence-electron chi connectivity index (χ2n) is 5.78. The third-order valence-corrected chi connectivity index (χ3v) is 4.94. The predicted octanol–water partition coefficient (Wildman–Crippen LogP) is 4.77. The summed E-state index contributed by atoms with van der Waals surface area (Å²) in [5.74, 6) is 0. The van der Waals surface area contributed by atoms with E-state index in [1.54, 1.807) is 0 Å². The molecule has 0 aliphatic heterocycles. The molecule has 0 amide bonds. The predicted molar refractivity (Wildman–Crippen MR) is 91.0 cm³/mol. The van der Waals surface area contributed by atoms with E-state index in [0.29, 0.717) is 5.39 Å². The standard InChI is InChI=1S/C18H24O3S/c1-3-5-7-14-9-11-16-15(8-6-4-2)10-12-18(17(16)13-14)22(19,20)21/h9-13H,3-8H2,1-2H3,(H,19,20,21). The number of hydrogen-bond donors (Lipinski definition) is 1. The van der Waals surface area contributed by atoms with Crippen molar-refractivity contribution < 1.29 is 13.0 Å². The molecular formula is C18H24O3S. The van der Waals surface area contributed by atoms with Gasteiger partial charge in [-0.1, -0.05) is 44.9 Å². The zero-order valence-electron chi connectivity index (χ0n) is 13.3. The highest BCUT2D eigenvalue weighted by Crippen LogP contribution is 2.29. The number of unbranched alkanes of at least 4 members (excludes halogenated alkanes) is 2. The van der Waals surface area contributed by atoms with Gasteiger partial charge in [0.1, 0.15) is 4.90 Å². The second-order valence-corrected chi connectivity index (χ2v) is 7.17. The van der Waals surface area contributed by atoms with Crippen LogP contribution in [0.5, 0.6) is 0 Å². The Bertz CT molecular complexity index is 748. The summed E-state index contributed by atoms with van der Waals surface area (Å²) < 4.78 is 32.8. The van der Waals surface area contributed by atoms with Gasteiger partial charge in [-0.2, -0.15) is 8.42 Å². The number of fused-ring (bicyclic) bond motifs is 1. The summed E-state index contributed by atoms with van der Waals surface area (Å²) in [6.45, 7) is 4.27. The molecule has 0 radical (unpaired) electrons. The van der Waals surface area contributed by atoms with Crippen molar-refractivity contribution >= 4 is 20.9 Å². The van der Waals surface area contributed by atoms with Crippen molar-refractivity contribution in [3.8, 4) is 0 Å². The lowest BCUT2D eigenvalue weighted by Gasteiger charge is -2.11. The maximum atomic E-state index is 11.7. The third-order valence-electron chi connectivity index (χ3n) is 4.03. The molecule has 0 bridgehead atoms. The Morgan fingerprint density at radius 1 is 0.909 bits per heavy atom. The first kappa shape index (κ1) is 17.0. The quantitative estimate of drug-likeness (QED) is 0.747. The molecule has 0 aliphatic carbocycles. The highest BCUT2D eigenvalue weighted by Gasteiger charge is 2.16. The molecule has 0 aromatic heterocycles. The molecule has 0 atom stereocenters. The lowest BCUT2D eigenvalue weighted by Crippen LogP contribution is -2.01. The molecular weight excluding hydrogens is 296 g/mol. The molecule has 4 heteroatoms. The van der Waals surface area contributed by atoms with E-state index in [0.717, 1.165) is 55.0 Å². The van der Waals surface area contributed by atoms with E-state index in [1.165, 1.54) is 6.07 Å². The molecule has 0 unspecified atom stereocenters. The molecule has 2 aromatic rings. The molecule has 22 heavy (non-hydrogen) atoms. The number of benzene rings is 2. The van der Waals surface area contributed by atoms with Crippen LogP contribution in [-0.4, -0.2) is 13.0 Å². The molecule has 0 heterocycles. The minimum absolute atomic E-state index is 0.0149. The van der Waals surface area contributed by atoms with Crippen molar-refractivity contribution in [3.63, 3.8) is 0 Å². The van der Waals surface area contributed by atoms with Crippen LogP contribution in [0.1, 0.15) is 50.7 Å². The van der Waals surface area contributed by atoms with E-state index in [1.807, 2.05) is 18.2 Å². The molecule has 0 spiro atoms. The van der Waals surface area contributed by atoms with Crippen LogP contribution in [0.25, 0.3) is 10.8 Å². The monoisotopic (exact) mass is 320 g/mol. The van der Waals surface area contributed by atoms with Gasteiger partial charge in [0.15, 0.2) is 0 Å². The van der Waals surface area contributed by atoms with Gasteiger partial charge >= 0.3 is 0 Å². The minimum atomic E-state index is -4.20. The van der Waals surface area contributed by atoms with Gasteiger partial charge in [0.25, 0.3) is 10.1 Å². The molecule has 0 saturated heterocycles. The average molecular weight is 320 g/mol. The molecule has 2 rings (SSSR count). The van der Waals surface area contributed by atoms with Crippen LogP contribution in [0.2, 0.25) is 0 Å². The zero-order chi connectivity index (χ0) is 16.2. The number of aryl methyl sites for hydroxylation is 2. The summed E-state index contributed by atoms with van der Waals surface area (Å²) in [6, 6.07) is 9.35. The van der Waals surface area contributed by atoms with E-state index >= 15 is 0 Å². The summed E-state index contributed by atoms with van der Waals surface area (Å²) in [5.41, 5.74) is 2.26. The fourth-order valence-electron chi connectivity index (χ4n) is 2.78. The maximum Gasteiger partial charge on any atom is 0.295 e. The Kier molecular flexibility index (Phi) is 5.59. The first-order valence-corrected chi connectivity index (χ1v) is 9.43. The largest absolute Gasteiger partial charge is 0.295 e. The maximum absolute atomic E-state index is 11.7. The van der Waals surface area contributed by atoms with Crippen LogP contribution < -0.4 is 0 Å². The highest BCUT2D eigenvalue weighted by atomic mass is 32.2. The Labute approximate surface area is 133 Å². The summed E-state index contributed by atoms with van der Waals surface area (Å²) in [4.78, 5) is 0.0149. The number of rotatable bonds is 7. The zero-order valence-corrected chi connectivity index (χ0v) is 14.1. The van der Waals surface area contributed by atoms with Gasteiger partial charge in [-0.05, 0) is 54.3 Å². The van der Waals surface area contributed by atoms with E-state index in [-0.39, 0.29) is 4.90 Å². The van der Waals surface area contributed by atoms with Gasteiger partial charge in [-0.3, -0.25) is 4.55 Å². The van der Waals surface area contributed by atoms with Gasteiger partial charge in [0.05, 0.1) is 0 Å². The van der Waals surface area contributed by atoms with Gasteiger partial charge in [-0.15, -0.1) is 0 Å². The SMILES string of the molecule is CCCCc1ccc2c(CCCC)ccc(S(=O)(=O)O)c2c1. The van der Waals surface area contributed by atoms with Crippen molar-refractivity contribution in [1.82, 2.24) is 0 Å². The summed E-state index contributed by atoms with van der Waals surface area (Å²) in [7, 11) is -4.20. The van der Waals surface area contributed by atoms with Crippen molar-refractivity contribution in [2.24, 2.45) is 0 Å². The Balaban J connectivity index is 2.59. The van der Waals surface area contributed by atoms with Gasteiger partial charge in [-0.25, -0.2) is 0 Å². The van der Waals surface area contributed by atoms with E-state index in [2.05, 4.69) is 19.9 Å². The van der Waals surface area contributed by atoms with Gasteiger partial charge in [0, 0.05) is 5.39 Å². The van der Waals surface area contributed by atoms with E-state index < -0.39 is 10.1 Å². The van der Waals surface area contributed by atoms with E-state index in [4.69, 9.17) is 0 Å². The lowest BCUT2D eigenvalue weighted by molar-refractivity contribution is 0.484. The van der Waals surface area contributed by atoms with Gasteiger partial charge in [0.2, 0.25) is 0 Å². The topological polar surface area (TPSA) is 54.4 Å². The average Bonchev–Trinajstić information content (AvgIpc) is 2.49. The van der Waals surface area contributed by atoms with Crippen molar-refractivity contribution in [1.29, 1.82) is 0 Å². The van der Waals surface area contributed by atoms with Crippen LogP contribution in [0.4, 0.5) is 0 Å². The Morgan fingerprint density at radius 3 is 2.23 bits per heavy atom. The molecule has 0 aliphatic rings. The van der Waals surface area contributed by atoms with E-state index in [9.17, 15) is 13.0 Å². The summed E-state index contributed by atoms with van der Waals surface area (Å²) in [6.07, 6.45) is 6.18. The first-order valence-electron chi connectivity index (χ1n) is 7.99. The molecule has 0 fully saturated rings. The summed E-state index contributed by atoms with van der Waals surface area (Å²) >= 11 is 0. The van der Waals surface area contributed by atoms with Gasteiger partial charge < -0.3 is 0 Å². The molecule has 120 valence electrons. The fourth-order valence-corrected chi connectivity index (χ4v) is 3.46. The second kappa shape index (κ2) is 7.25. The highest BCUT2D eigenvalue weighted by molar-refractivity contribution is 7.86. The molecule has 1 N–H and O–H groups in total. The Morgan fingerprint density at radius 2 is 1.59 bits per heavy atom. The van der Waals surface area contributed by atoms with Crippen molar-refractivity contribution in [2.75, 3.05) is 0 Å². The first-order chi connectivity index (χ1) is 10.5. The van der Waals surface area contributed by atoms with Crippen molar-refractivity contribution in [2.45, 2.75) is 57.3 Å². The van der Waals surface area contributed by atoms with Crippen LogP contribution in [0, 0.1) is 0 Å².